The number of primary amides is 1. The minimum atomic E-state index is -0.640. The highest BCUT2D eigenvalue weighted by Gasteiger charge is 2.21. The fourth-order valence-electron chi connectivity index (χ4n) is 2.30. The molecular formula is C17H13ClN4O3S. The molecule has 0 aliphatic heterocycles. The largest absolute Gasteiger partial charge is 0.450 e. The molecule has 2 heterocycles. The summed E-state index contributed by atoms with van der Waals surface area (Å²) in [6.45, 7) is -0.259. The van der Waals surface area contributed by atoms with Gasteiger partial charge < -0.3 is 21.3 Å². The second kappa shape index (κ2) is 7.58. The van der Waals surface area contributed by atoms with Gasteiger partial charge in [-0.2, -0.15) is 9.97 Å². The number of aromatic nitrogens is 2. The number of fused-ring (bicyclic) bond motifs is 1. The van der Waals surface area contributed by atoms with Gasteiger partial charge in [-0.15, -0.1) is 11.3 Å². The highest BCUT2D eigenvalue weighted by atomic mass is 35.5. The van der Waals surface area contributed by atoms with Crippen LogP contribution in [0.5, 0.6) is 6.01 Å². The first-order valence-corrected chi connectivity index (χ1v) is 8.56. The SMILES string of the molecule is NC(=O)c1sc2nc(OCC#CCO)nc(-c3cccc(Cl)c3)c2c1N. The Morgan fingerprint density at radius 1 is 1.35 bits per heavy atom. The minimum absolute atomic E-state index is 0.00455. The molecule has 1 amide bonds. The molecule has 0 fully saturated rings. The van der Waals surface area contributed by atoms with Gasteiger partial charge in [0, 0.05) is 10.6 Å². The van der Waals surface area contributed by atoms with Crippen LogP contribution in [0.3, 0.4) is 0 Å². The van der Waals surface area contributed by atoms with Crippen LogP contribution in [0.2, 0.25) is 5.02 Å². The number of aliphatic hydroxyl groups excluding tert-OH is 1. The summed E-state index contributed by atoms with van der Waals surface area (Å²) in [6.07, 6.45) is 0. The normalized spacial score (nSPS) is 10.4. The summed E-state index contributed by atoms with van der Waals surface area (Å²) in [5.41, 5.74) is 12.9. The molecule has 0 aliphatic carbocycles. The van der Waals surface area contributed by atoms with Crippen LogP contribution in [0.4, 0.5) is 5.69 Å². The monoisotopic (exact) mass is 388 g/mol. The van der Waals surface area contributed by atoms with Crippen molar-refractivity contribution in [1.82, 2.24) is 9.97 Å². The molecule has 0 saturated heterocycles. The van der Waals surface area contributed by atoms with Crippen molar-refractivity contribution in [2.75, 3.05) is 18.9 Å². The van der Waals surface area contributed by atoms with E-state index in [1.165, 1.54) is 0 Å². The van der Waals surface area contributed by atoms with Crippen LogP contribution in [0, 0.1) is 11.8 Å². The van der Waals surface area contributed by atoms with E-state index in [-0.39, 0.29) is 29.8 Å². The Morgan fingerprint density at radius 2 is 2.15 bits per heavy atom. The van der Waals surface area contributed by atoms with E-state index in [0.29, 0.717) is 26.5 Å². The summed E-state index contributed by atoms with van der Waals surface area (Å²) in [6, 6.07) is 7.11. The predicted octanol–water partition coefficient (Wildman–Crippen LogP) is 2.07. The first kappa shape index (κ1) is 17.9. The van der Waals surface area contributed by atoms with Crippen molar-refractivity contribution in [2.45, 2.75) is 0 Å². The van der Waals surface area contributed by atoms with Gasteiger partial charge >= 0.3 is 6.01 Å². The van der Waals surface area contributed by atoms with Crippen molar-refractivity contribution in [3.8, 4) is 29.1 Å². The third kappa shape index (κ3) is 3.55. The van der Waals surface area contributed by atoms with Crippen LogP contribution < -0.4 is 16.2 Å². The molecule has 3 rings (SSSR count). The number of amides is 1. The Labute approximate surface area is 157 Å². The molecule has 1 aromatic carbocycles. The van der Waals surface area contributed by atoms with E-state index in [1.54, 1.807) is 18.2 Å². The Kier molecular flexibility index (Phi) is 5.23. The molecular weight excluding hydrogens is 376 g/mol. The zero-order valence-corrected chi connectivity index (χ0v) is 14.9. The van der Waals surface area contributed by atoms with Crippen molar-refractivity contribution in [3.63, 3.8) is 0 Å². The smallest absolute Gasteiger partial charge is 0.319 e. The quantitative estimate of drug-likeness (QED) is 0.587. The molecule has 0 atom stereocenters. The average Bonchev–Trinajstić information content (AvgIpc) is 2.95. The number of hydrogen-bond donors (Lipinski definition) is 3. The highest BCUT2D eigenvalue weighted by molar-refractivity contribution is 7.21. The number of rotatable bonds is 4. The molecule has 5 N–H and O–H groups in total. The van der Waals surface area contributed by atoms with Gasteiger partial charge in [-0.1, -0.05) is 35.6 Å². The zero-order valence-electron chi connectivity index (χ0n) is 13.3. The summed E-state index contributed by atoms with van der Waals surface area (Å²) in [5.74, 6) is 4.44. The van der Waals surface area contributed by atoms with Gasteiger partial charge in [0.15, 0.2) is 6.61 Å². The van der Waals surface area contributed by atoms with Crippen LogP contribution >= 0.6 is 22.9 Å². The lowest BCUT2D eigenvalue weighted by atomic mass is 10.1. The molecule has 7 nitrogen and oxygen atoms in total. The van der Waals surface area contributed by atoms with E-state index in [2.05, 4.69) is 21.8 Å². The number of hydrogen-bond acceptors (Lipinski definition) is 7. The molecule has 0 saturated carbocycles. The fraction of sp³-hybridized carbons (Fsp3) is 0.118. The predicted molar refractivity (Wildman–Crippen MR) is 101 cm³/mol. The van der Waals surface area contributed by atoms with E-state index >= 15 is 0 Å². The van der Waals surface area contributed by atoms with E-state index in [1.807, 2.05) is 6.07 Å². The lowest BCUT2D eigenvalue weighted by Gasteiger charge is -2.07. The number of benzene rings is 1. The van der Waals surface area contributed by atoms with E-state index in [0.717, 1.165) is 11.3 Å². The molecule has 9 heteroatoms. The van der Waals surface area contributed by atoms with Crippen LogP contribution in [0.15, 0.2) is 24.3 Å². The van der Waals surface area contributed by atoms with E-state index in [4.69, 9.17) is 32.9 Å². The number of carbonyl (C=O) groups is 1. The van der Waals surface area contributed by atoms with Gasteiger partial charge in [0.2, 0.25) is 0 Å². The maximum atomic E-state index is 11.6. The second-order valence-electron chi connectivity index (χ2n) is 5.05. The standard InChI is InChI=1S/C17H13ClN4O3S/c18-10-5-3-4-9(8-10)13-11-12(19)14(15(20)24)26-16(11)22-17(21-13)25-7-2-1-6-23/h3-5,8,23H,6-7,19H2,(H2,20,24). The molecule has 3 aromatic rings. The van der Waals surface area contributed by atoms with Gasteiger partial charge in [-0.25, -0.2) is 0 Å². The Hall–Kier alpha value is -2.86. The van der Waals surface area contributed by atoms with Crippen LogP contribution in [0.1, 0.15) is 9.67 Å². The maximum absolute atomic E-state index is 11.6. The first-order valence-electron chi connectivity index (χ1n) is 7.36. The van der Waals surface area contributed by atoms with Crippen molar-refractivity contribution in [1.29, 1.82) is 0 Å². The number of nitrogen functional groups attached to an aromatic ring is 1. The van der Waals surface area contributed by atoms with Crippen LogP contribution in [0.25, 0.3) is 21.5 Å². The topological polar surface area (TPSA) is 124 Å². The summed E-state index contributed by atoms with van der Waals surface area (Å²) >= 11 is 7.14. The number of carbonyl (C=O) groups excluding carboxylic acids is 1. The number of halogens is 1. The molecule has 0 spiro atoms. The number of nitrogens with two attached hydrogens (primary N) is 2. The third-order valence-corrected chi connectivity index (χ3v) is 4.72. The summed E-state index contributed by atoms with van der Waals surface area (Å²) in [4.78, 5) is 21.0. The third-order valence-electron chi connectivity index (χ3n) is 3.37. The van der Waals surface area contributed by atoms with Gasteiger partial charge in [-0.3, -0.25) is 4.79 Å². The maximum Gasteiger partial charge on any atom is 0.319 e. The van der Waals surface area contributed by atoms with Crippen molar-refractivity contribution in [2.24, 2.45) is 5.73 Å². The molecule has 132 valence electrons. The lowest BCUT2D eigenvalue weighted by molar-refractivity contribution is 0.100. The first-order chi connectivity index (χ1) is 12.5. The number of thiophene rings is 1. The zero-order chi connectivity index (χ0) is 18.7. The summed E-state index contributed by atoms with van der Waals surface area (Å²) in [5, 5.41) is 9.72. The van der Waals surface area contributed by atoms with Crippen molar-refractivity contribution < 1.29 is 14.6 Å². The van der Waals surface area contributed by atoms with Gasteiger partial charge in [-0.05, 0) is 12.1 Å². The fourth-order valence-corrected chi connectivity index (χ4v) is 3.43. The highest BCUT2D eigenvalue weighted by Crippen LogP contribution is 2.39. The molecule has 2 aromatic heterocycles. The van der Waals surface area contributed by atoms with Gasteiger partial charge in [0.05, 0.1) is 16.8 Å². The summed E-state index contributed by atoms with van der Waals surface area (Å²) in [7, 11) is 0. The number of aliphatic hydroxyl groups is 1. The van der Waals surface area contributed by atoms with Crippen LogP contribution in [-0.4, -0.2) is 34.2 Å². The van der Waals surface area contributed by atoms with Crippen molar-refractivity contribution in [3.05, 3.63) is 34.2 Å². The molecule has 0 unspecified atom stereocenters. The Morgan fingerprint density at radius 3 is 2.85 bits per heavy atom. The van der Waals surface area contributed by atoms with Crippen molar-refractivity contribution >= 4 is 44.7 Å². The lowest BCUT2D eigenvalue weighted by Crippen LogP contribution is -2.10. The van der Waals surface area contributed by atoms with Gasteiger partial charge in [0.1, 0.15) is 16.3 Å². The minimum Gasteiger partial charge on any atom is -0.450 e. The summed E-state index contributed by atoms with van der Waals surface area (Å²) < 4.78 is 5.43. The van der Waals surface area contributed by atoms with E-state index < -0.39 is 5.91 Å². The second-order valence-corrected chi connectivity index (χ2v) is 6.49. The number of ether oxygens (including phenoxy) is 1. The van der Waals surface area contributed by atoms with Crippen LogP contribution in [-0.2, 0) is 0 Å². The molecule has 0 aliphatic rings. The van der Waals surface area contributed by atoms with E-state index in [9.17, 15) is 4.79 Å². The Bertz CT molecular complexity index is 1060. The molecule has 0 radical (unpaired) electrons. The Balaban J connectivity index is 2.19. The van der Waals surface area contributed by atoms with Gasteiger partial charge in [0.25, 0.3) is 5.91 Å². The number of anilines is 1. The molecule has 26 heavy (non-hydrogen) atoms. The molecule has 0 bridgehead atoms. The number of nitrogens with zero attached hydrogens (tertiary/aromatic N) is 2. The average molecular weight is 389 g/mol.